The van der Waals surface area contributed by atoms with Crippen LogP contribution in [-0.2, 0) is 19.4 Å². The lowest BCUT2D eigenvalue weighted by Gasteiger charge is -2.33. The van der Waals surface area contributed by atoms with Crippen molar-refractivity contribution in [3.05, 3.63) is 0 Å². The van der Waals surface area contributed by atoms with Gasteiger partial charge < -0.3 is 4.74 Å². The third-order valence-corrected chi connectivity index (χ3v) is 3.06. The maximum atomic E-state index is 12.5. The zero-order valence-electron chi connectivity index (χ0n) is 8.45. The SMILES string of the molecule is COC(=N)C1(OS(=O)(=O)F)CCCCC1. The maximum absolute atomic E-state index is 12.5. The lowest BCUT2D eigenvalue weighted by molar-refractivity contribution is 0.0716. The third-order valence-electron chi connectivity index (χ3n) is 2.54. The minimum atomic E-state index is -5.06. The van der Waals surface area contributed by atoms with E-state index in [1.54, 1.807) is 0 Å². The number of rotatable bonds is 3. The van der Waals surface area contributed by atoms with Crippen LogP contribution in [0.3, 0.4) is 0 Å². The van der Waals surface area contributed by atoms with Gasteiger partial charge in [-0.25, -0.2) is 4.18 Å². The molecule has 0 spiro atoms. The normalized spacial score (nSPS) is 20.9. The molecule has 0 radical (unpaired) electrons. The smallest absolute Gasteiger partial charge is 0.438 e. The van der Waals surface area contributed by atoms with Crippen LogP contribution in [0, 0.1) is 5.41 Å². The van der Waals surface area contributed by atoms with Crippen LogP contribution < -0.4 is 0 Å². The molecule has 1 N–H and O–H groups in total. The van der Waals surface area contributed by atoms with Crippen LogP contribution in [0.25, 0.3) is 0 Å². The van der Waals surface area contributed by atoms with E-state index < -0.39 is 16.1 Å². The van der Waals surface area contributed by atoms with Crippen molar-refractivity contribution < 1.29 is 21.2 Å². The van der Waals surface area contributed by atoms with Gasteiger partial charge in [0, 0.05) is 0 Å². The molecule has 7 heteroatoms. The molecule has 0 heterocycles. The topological polar surface area (TPSA) is 76.5 Å². The minimum Gasteiger partial charge on any atom is -0.482 e. The molecule has 88 valence electrons. The summed E-state index contributed by atoms with van der Waals surface area (Å²) >= 11 is 0. The van der Waals surface area contributed by atoms with Crippen molar-refractivity contribution in [2.75, 3.05) is 7.11 Å². The molecule has 0 atom stereocenters. The van der Waals surface area contributed by atoms with Crippen LogP contribution >= 0.6 is 0 Å². The lowest BCUT2D eigenvalue weighted by Crippen LogP contribution is -2.44. The molecule has 0 aromatic carbocycles. The van der Waals surface area contributed by atoms with Crippen molar-refractivity contribution in [1.29, 1.82) is 5.41 Å². The Labute approximate surface area is 88.5 Å². The van der Waals surface area contributed by atoms with Crippen molar-refractivity contribution in [3.63, 3.8) is 0 Å². The van der Waals surface area contributed by atoms with Gasteiger partial charge in [0.1, 0.15) is 0 Å². The van der Waals surface area contributed by atoms with Crippen molar-refractivity contribution >= 4 is 16.4 Å². The Kier molecular flexibility index (Phi) is 3.67. The fourth-order valence-electron chi connectivity index (χ4n) is 1.85. The summed E-state index contributed by atoms with van der Waals surface area (Å²) in [7, 11) is -3.82. The number of nitrogens with one attached hydrogen (secondary N) is 1. The highest BCUT2D eigenvalue weighted by molar-refractivity contribution is 7.81. The molecule has 1 fully saturated rings. The van der Waals surface area contributed by atoms with Gasteiger partial charge in [-0.1, -0.05) is 10.3 Å². The van der Waals surface area contributed by atoms with Gasteiger partial charge >= 0.3 is 10.5 Å². The molecule has 1 rings (SSSR count). The predicted octanol–water partition coefficient (Wildman–Crippen LogP) is 1.54. The summed E-state index contributed by atoms with van der Waals surface area (Å²) in [6, 6.07) is 0. The van der Waals surface area contributed by atoms with Gasteiger partial charge in [0.25, 0.3) is 0 Å². The molecule has 5 nitrogen and oxygen atoms in total. The average Bonchev–Trinajstić information content (AvgIpc) is 2.15. The van der Waals surface area contributed by atoms with Gasteiger partial charge in [0.15, 0.2) is 5.60 Å². The highest BCUT2D eigenvalue weighted by Gasteiger charge is 2.43. The molecule has 0 unspecified atom stereocenters. The predicted molar refractivity (Wildman–Crippen MR) is 51.7 cm³/mol. The van der Waals surface area contributed by atoms with Gasteiger partial charge in [0.05, 0.1) is 7.11 Å². The fourth-order valence-corrected chi connectivity index (χ4v) is 2.47. The van der Waals surface area contributed by atoms with Crippen LogP contribution in [0.4, 0.5) is 3.89 Å². The molecule has 0 amide bonds. The van der Waals surface area contributed by atoms with E-state index in [0.29, 0.717) is 25.7 Å². The van der Waals surface area contributed by atoms with E-state index >= 15 is 0 Å². The molecule has 15 heavy (non-hydrogen) atoms. The number of methoxy groups -OCH3 is 1. The number of ether oxygens (including phenoxy) is 1. The first-order valence-corrected chi connectivity index (χ1v) is 5.99. The van der Waals surface area contributed by atoms with E-state index in [0.717, 1.165) is 6.42 Å². The minimum absolute atomic E-state index is 0.294. The van der Waals surface area contributed by atoms with Crippen molar-refractivity contribution in [3.8, 4) is 0 Å². The molecule has 0 bridgehead atoms. The first-order valence-electron chi connectivity index (χ1n) is 4.68. The van der Waals surface area contributed by atoms with E-state index in [1.807, 2.05) is 0 Å². The molecular formula is C8H14FNO4S. The van der Waals surface area contributed by atoms with Crippen molar-refractivity contribution in [2.24, 2.45) is 0 Å². The molecule has 1 aliphatic rings. The van der Waals surface area contributed by atoms with Crippen LogP contribution in [-0.4, -0.2) is 27.0 Å². The summed E-state index contributed by atoms with van der Waals surface area (Å²) < 4.78 is 42.5. The molecule has 0 aliphatic heterocycles. The highest BCUT2D eigenvalue weighted by atomic mass is 32.3. The molecule has 0 aromatic heterocycles. The van der Waals surface area contributed by atoms with Gasteiger partial charge in [0.2, 0.25) is 5.90 Å². The number of halogens is 1. The van der Waals surface area contributed by atoms with E-state index in [2.05, 4.69) is 8.92 Å². The first-order chi connectivity index (χ1) is 6.90. The summed E-state index contributed by atoms with van der Waals surface area (Å²) in [5.41, 5.74) is -1.43. The average molecular weight is 239 g/mol. The second-order valence-corrected chi connectivity index (χ2v) is 4.52. The number of hydrogen-bond donors (Lipinski definition) is 1. The van der Waals surface area contributed by atoms with E-state index in [4.69, 9.17) is 5.41 Å². The molecule has 0 saturated heterocycles. The Morgan fingerprint density at radius 1 is 1.33 bits per heavy atom. The largest absolute Gasteiger partial charge is 0.482 e. The zero-order valence-corrected chi connectivity index (χ0v) is 9.27. The van der Waals surface area contributed by atoms with Crippen molar-refractivity contribution in [2.45, 2.75) is 37.7 Å². The van der Waals surface area contributed by atoms with Gasteiger partial charge in [-0.2, -0.15) is 8.42 Å². The van der Waals surface area contributed by atoms with Gasteiger partial charge in [-0.15, -0.1) is 0 Å². The van der Waals surface area contributed by atoms with Crippen molar-refractivity contribution in [1.82, 2.24) is 0 Å². The third kappa shape index (κ3) is 3.13. The molecular weight excluding hydrogens is 225 g/mol. The quantitative estimate of drug-likeness (QED) is 0.460. The summed E-state index contributed by atoms with van der Waals surface area (Å²) in [5.74, 6) is -0.330. The van der Waals surface area contributed by atoms with Gasteiger partial charge in [-0.3, -0.25) is 5.41 Å². The Morgan fingerprint density at radius 2 is 1.87 bits per heavy atom. The van der Waals surface area contributed by atoms with E-state index in [-0.39, 0.29) is 5.90 Å². The lowest BCUT2D eigenvalue weighted by atomic mass is 9.85. The maximum Gasteiger partial charge on any atom is 0.438 e. The van der Waals surface area contributed by atoms with Gasteiger partial charge in [-0.05, 0) is 25.7 Å². The first kappa shape index (κ1) is 12.4. The number of hydrogen-bond acceptors (Lipinski definition) is 5. The second kappa shape index (κ2) is 4.44. The highest BCUT2D eigenvalue weighted by Crippen LogP contribution is 2.34. The Hall–Kier alpha value is -0.690. The monoisotopic (exact) mass is 239 g/mol. The molecule has 1 saturated carbocycles. The molecule has 0 aromatic rings. The summed E-state index contributed by atoms with van der Waals surface area (Å²) in [5, 5.41) is 7.48. The standard InChI is InChI=1S/C8H14FNO4S/c1-13-7(10)8(14-15(9,11)12)5-3-2-4-6-8/h10H,2-6H2,1H3. The summed E-state index contributed by atoms with van der Waals surface area (Å²) in [4.78, 5) is 0. The van der Waals surface area contributed by atoms with Crippen LogP contribution in [0.2, 0.25) is 0 Å². The van der Waals surface area contributed by atoms with Crippen LogP contribution in [0.1, 0.15) is 32.1 Å². The van der Waals surface area contributed by atoms with Crippen LogP contribution in [0.5, 0.6) is 0 Å². The zero-order chi connectivity index (χ0) is 11.5. The van der Waals surface area contributed by atoms with E-state index in [9.17, 15) is 12.3 Å². The Balaban J connectivity index is 2.90. The second-order valence-electron chi connectivity index (χ2n) is 3.56. The Morgan fingerprint density at radius 3 is 2.27 bits per heavy atom. The molecule has 1 aliphatic carbocycles. The van der Waals surface area contributed by atoms with Crippen LogP contribution in [0.15, 0.2) is 0 Å². The Bertz CT molecular complexity index is 335. The summed E-state index contributed by atoms with van der Waals surface area (Å²) in [6.07, 6.45) is 2.91. The summed E-state index contributed by atoms with van der Waals surface area (Å²) in [6.45, 7) is 0. The fraction of sp³-hybridized carbons (Fsp3) is 0.875. The van der Waals surface area contributed by atoms with E-state index in [1.165, 1.54) is 7.11 Å².